The zero-order valence-electron chi connectivity index (χ0n) is 11.5. The Balaban J connectivity index is 2.72. The van der Waals surface area contributed by atoms with Gasteiger partial charge in [-0.25, -0.2) is 0 Å². The molecule has 1 aromatic rings. The van der Waals surface area contributed by atoms with Crippen LogP contribution in [0.1, 0.15) is 50.3 Å². The Bertz CT molecular complexity index is 305. The molecule has 1 nitrogen and oxygen atoms in total. The zero-order valence-corrected chi connectivity index (χ0v) is 12.3. The van der Waals surface area contributed by atoms with Crippen molar-refractivity contribution in [2.24, 2.45) is 0 Å². The Morgan fingerprint density at radius 3 is 2.18 bits per heavy atom. The van der Waals surface area contributed by atoms with Crippen molar-refractivity contribution >= 4 is 11.8 Å². The van der Waals surface area contributed by atoms with E-state index < -0.39 is 0 Å². The largest absolute Gasteiger partial charge is 0.310 e. The van der Waals surface area contributed by atoms with Crippen molar-refractivity contribution in [2.45, 2.75) is 39.2 Å². The van der Waals surface area contributed by atoms with Crippen molar-refractivity contribution in [3.8, 4) is 0 Å². The van der Waals surface area contributed by atoms with Gasteiger partial charge in [0.25, 0.3) is 0 Å². The summed E-state index contributed by atoms with van der Waals surface area (Å²) in [5.74, 6) is 1.83. The number of thioether (sulfide) groups is 1. The van der Waals surface area contributed by atoms with Gasteiger partial charge >= 0.3 is 0 Å². The number of hydrogen-bond acceptors (Lipinski definition) is 2. The maximum atomic E-state index is 3.57. The predicted molar refractivity (Wildman–Crippen MR) is 79.9 cm³/mol. The smallest absolute Gasteiger partial charge is 0.0327 e. The van der Waals surface area contributed by atoms with Crippen molar-refractivity contribution in [1.29, 1.82) is 0 Å². The third-order valence-electron chi connectivity index (χ3n) is 3.07. The molecule has 0 fully saturated rings. The van der Waals surface area contributed by atoms with Crippen molar-refractivity contribution in [1.82, 2.24) is 5.32 Å². The second-order valence-electron chi connectivity index (χ2n) is 4.71. The molecule has 1 unspecified atom stereocenters. The third kappa shape index (κ3) is 4.72. The van der Waals surface area contributed by atoms with Gasteiger partial charge in [-0.3, -0.25) is 0 Å². The van der Waals surface area contributed by atoms with Crippen molar-refractivity contribution in [3.63, 3.8) is 0 Å². The summed E-state index contributed by atoms with van der Waals surface area (Å²) in [5.41, 5.74) is 2.85. The lowest BCUT2D eigenvalue weighted by atomic mass is 9.98. The van der Waals surface area contributed by atoms with E-state index in [2.05, 4.69) is 56.6 Å². The van der Waals surface area contributed by atoms with Gasteiger partial charge in [0, 0.05) is 6.04 Å². The second-order valence-corrected chi connectivity index (χ2v) is 5.70. The Morgan fingerprint density at radius 1 is 1.12 bits per heavy atom. The van der Waals surface area contributed by atoms with E-state index in [1.165, 1.54) is 23.3 Å². The molecular weight excluding hydrogens is 226 g/mol. The molecule has 17 heavy (non-hydrogen) atoms. The topological polar surface area (TPSA) is 12.0 Å². The lowest BCUT2D eigenvalue weighted by Crippen LogP contribution is -2.21. The summed E-state index contributed by atoms with van der Waals surface area (Å²) in [6.07, 6.45) is 3.38. The summed E-state index contributed by atoms with van der Waals surface area (Å²) in [6, 6.07) is 9.60. The molecule has 0 aliphatic heterocycles. The minimum absolute atomic E-state index is 0.508. The van der Waals surface area contributed by atoms with E-state index in [1.54, 1.807) is 0 Å². The van der Waals surface area contributed by atoms with E-state index in [0.717, 1.165) is 6.54 Å². The maximum Gasteiger partial charge on any atom is 0.0327 e. The lowest BCUT2D eigenvalue weighted by molar-refractivity contribution is 0.541. The molecule has 1 rings (SSSR count). The molecule has 0 bridgehead atoms. The predicted octanol–water partition coefficient (Wildman–Crippen LogP) is 4.21. The molecule has 96 valence electrons. The first-order valence-electron chi connectivity index (χ1n) is 6.51. The lowest BCUT2D eigenvalue weighted by Gasteiger charge is -2.18. The highest BCUT2D eigenvalue weighted by Gasteiger charge is 2.09. The third-order valence-corrected chi connectivity index (χ3v) is 3.71. The molecule has 0 aliphatic rings. The monoisotopic (exact) mass is 251 g/mol. The molecule has 0 spiro atoms. The molecule has 0 saturated heterocycles. The zero-order chi connectivity index (χ0) is 12.7. The SMILES string of the molecule is CCNC(CCSC)c1ccc(C(C)C)cc1. The molecule has 1 atom stereocenters. The fourth-order valence-electron chi connectivity index (χ4n) is 1.98. The molecule has 1 aromatic carbocycles. The van der Waals surface area contributed by atoms with E-state index >= 15 is 0 Å². The minimum Gasteiger partial charge on any atom is -0.310 e. The van der Waals surface area contributed by atoms with Crippen LogP contribution in [0, 0.1) is 0 Å². The maximum absolute atomic E-state index is 3.57. The van der Waals surface area contributed by atoms with Gasteiger partial charge in [-0.05, 0) is 42.0 Å². The average molecular weight is 251 g/mol. The summed E-state index contributed by atoms with van der Waals surface area (Å²) >= 11 is 1.92. The Hall–Kier alpha value is -0.470. The standard InChI is InChI=1S/C15H25NS/c1-5-16-15(10-11-17-4)14-8-6-13(7-9-14)12(2)3/h6-9,12,15-16H,5,10-11H2,1-4H3. The second kappa shape index (κ2) is 7.78. The average Bonchev–Trinajstić information content (AvgIpc) is 2.34. The Kier molecular flexibility index (Phi) is 6.68. The molecule has 1 N–H and O–H groups in total. The van der Waals surface area contributed by atoms with E-state index in [9.17, 15) is 0 Å². The fourth-order valence-corrected chi connectivity index (χ4v) is 2.45. The summed E-state index contributed by atoms with van der Waals surface area (Å²) in [5, 5.41) is 3.57. The van der Waals surface area contributed by atoms with Crippen molar-refractivity contribution in [3.05, 3.63) is 35.4 Å². The highest BCUT2D eigenvalue weighted by atomic mass is 32.2. The normalized spacial score (nSPS) is 13.0. The molecule has 0 radical (unpaired) electrons. The summed E-state index contributed by atoms with van der Waals surface area (Å²) in [4.78, 5) is 0. The number of hydrogen-bond donors (Lipinski definition) is 1. The van der Waals surface area contributed by atoms with Crippen LogP contribution in [0.3, 0.4) is 0 Å². The van der Waals surface area contributed by atoms with Crippen LogP contribution < -0.4 is 5.32 Å². The molecule has 2 heteroatoms. The molecule has 0 heterocycles. The van der Waals surface area contributed by atoms with Crippen molar-refractivity contribution < 1.29 is 0 Å². The van der Waals surface area contributed by atoms with Gasteiger partial charge < -0.3 is 5.32 Å². The van der Waals surface area contributed by atoms with Gasteiger partial charge in [-0.1, -0.05) is 45.0 Å². The van der Waals surface area contributed by atoms with Crippen LogP contribution in [0.5, 0.6) is 0 Å². The molecule has 0 saturated carbocycles. The van der Waals surface area contributed by atoms with Crippen LogP contribution in [0.25, 0.3) is 0 Å². The Labute approximate surface area is 110 Å². The summed E-state index contributed by atoms with van der Waals surface area (Å²) < 4.78 is 0. The molecule has 0 aromatic heterocycles. The van der Waals surface area contributed by atoms with Crippen LogP contribution in [0.15, 0.2) is 24.3 Å². The van der Waals surface area contributed by atoms with Gasteiger partial charge in [-0.2, -0.15) is 11.8 Å². The number of nitrogens with one attached hydrogen (secondary N) is 1. The van der Waals surface area contributed by atoms with Gasteiger partial charge in [0.2, 0.25) is 0 Å². The van der Waals surface area contributed by atoms with Crippen LogP contribution in [-0.2, 0) is 0 Å². The first kappa shape index (κ1) is 14.6. The van der Waals surface area contributed by atoms with E-state index in [-0.39, 0.29) is 0 Å². The van der Waals surface area contributed by atoms with Gasteiger partial charge in [0.15, 0.2) is 0 Å². The fraction of sp³-hybridized carbons (Fsp3) is 0.600. The minimum atomic E-state index is 0.508. The van der Waals surface area contributed by atoms with E-state index in [0.29, 0.717) is 12.0 Å². The molecule has 0 amide bonds. The Morgan fingerprint density at radius 2 is 1.71 bits per heavy atom. The van der Waals surface area contributed by atoms with Crippen LogP contribution in [-0.4, -0.2) is 18.6 Å². The summed E-state index contributed by atoms with van der Waals surface area (Å²) in [6.45, 7) is 7.69. The van der Waals surface area contributed by atoms with Gasteiger partial charge in [-0.15, -0.1) is 0 Å². The van der Waals surface area contributed by atoms with E-state index in [4.69, 9.17) is 0 Å². The van der Waals surface area contributed by atoms with Crippen LogP contribution in [0.2, 0.25) is 0 Å². The molecule has 0 aliphatic carbocycles. The van der Waals surface area contributed by atoms with Crippen LogP contribution in [0.4, 0.5) is 0 Å². The first-order valence-corrected chi connectivity index (χ1v) is 7.90. The highest BCUT2D eigenvalue weighted by Crippen LogP contribution is 2.21. The van der Waals surface area contributed by atoms with E-state index in [1.807, 2.05) is 11.8 Å². The van der Waals surface area contributed by atoms with Gasteiger partial charge in [0.05, 0.1) is 0 Å². The molecular formula is C15H25NS. The summed E-state index contributed by atoms with van der Waals surface area (Å²) in [7, 11) is 0. The first-order chi connectivity index (χ1) is 8.19. The number of rotatable bonds is 7. The highest BCUT2D eigenvalue weighted by molar-refractivity contribution is 7.98. The van der Waals surface area contributed by atoms with Crippen LogP contribution >= 0.6 is 11.8 Å². The quantitative estimate of drug-likeness (QED) is 0.779. The van der Waals surface area contributed by atoms with Crippen molar-refractivity contribution in [2.75, 3.05) is 18.6 Å². The number of benzene rings is 1. The van der Waals surface area contributed by atoms with Gasteiger partial charge in [0.1, 0.15) is 0 Å².